The molecule has 0 bridgehead atoms. The molecule has 6 heteroatoms. The summed E-state index contributed by atoms with van der Waals surface area (Å²) >= 11 is 3.30. The molecule has 1 aliphatic heterocycles. The van der Waals surface area contributed by atoms with Gasteiger partial charge in [-0.3, -0.25) is 4.90 Å². The summed E-state index contributed by atoms with van der Waals surface area (Å²) in [5.74, 6) is 0. The number of halogens is 4. The standard InChI is InChI=1S/C12H13BrF3NO/c13-11-2-1-10(12(14,15)16)7-9(11)8-17-3-5-18-6-4-17/h1-2,7H,3-6,8H2. The quantitative estimate of drug-likeness (QED) is 0.828. The van der Waals surface area contributed by atoms with Crippen molar-refractivity contribution < 1.29 is 17.9 Å². The van der Waals surface area contributed by atoms with Crippen LogP contribution >= 0.6 is 15.9 Å². The number of ether oxygens (including phenoxy) is 1. The molecule has 0 saturated carbocycles. The highest BCUT2D eigenvalue weighted by atomic mass is 79.9. The molecule has 0 amide bonds. The van der Waals surface area contributed by atoms with Gasteiger partial charge in [0.2, 0.25) is 0 Å². The van der Waals surface area contributed by atoms with Gasteiger partial charge in [-0.2, -0.15) is 13.2 Å². The van der Waals surface area contributed by atoms with Crippen LogP contribution in [0.2, 0.25) is 0 Å². The van der Waals surface area contributed by atoms with E-state index in [1.165, 1.54) is 12.1 Å². The SMILES string of the molecule is FC(F)(F)c1ccc(Br)c(CN2CCOCC2)c1. The Hall–Kier alpha value is -0.590. The molecule has 2 rings (SSSR count). The van der Waals surface area contributed by atoms with Crippen molar-refractivity contribution in [2.24, 2.45) is 0 Å². The second-order valence-corrected chi connectivity index (χ2v) is 5.05. The molecular formula is C12H13BrF3NO. The maximum atomic E-state index is 12.6. The molecule has 1 aromatic rings. The van der Waals surface area contributed by atoms with Crippen LogP contribution in [0.4, 0.5) is 13.2 Å². The molecule has 0 N–H and O–H groups in total. The molecule has 1 fully saturated rings. The smallest absolute Gasteiger partial charge is 0.379 e. The molecule has 1 saturated heterocycles. The van der Waals surface area contributed by atoms with E-state index in [1.54, 1.807) is 0 Å². The Labute approximate surface area is 112 Å². The molecule has 0 spiro atoms. The van der Waals surface area contributed by atoms with Crippen molar-refractivity contribution in [2.75, 3.05) is 26.3 Å². The average molecular weight is 324 g/mol. The van der Waals surface area contributed by atoms with Crippen LogP contribution in [0.5, 0.6) is 0 Å². The fourth-order valence-corrected chi connectivity index (χ4v) is 2.24. The lowest BCUT2D eigenvalue weighted by Gasteiger charge is -2.27. The lowest BCUT2D eigenvalue weighted by Crippen LogP contribution is -2.35. The summed E-state index contributed by atoms with van der Waals surface area (Å²) < 4.78 is 43.8. The van der Waals surface area contributed by atoms with E-state index in [-0.39, 0.29) is 0 Å². The van der Waals surface area contributed by atoms with Crippen molar-refractivity contribution in [3.8, 4) is 0 Å². The predicted octanol–water partition coefficient (Wildman–Crippen LogP) is 3.30. The van der Waals surface area contributed by atoms with E-state index in [0.29, 0.717) is 29.8 Å². The van der Waals surface area contributed by atoms with Crippen LogP contribution < -0.4 is 0 Å². The number of hydrogen-bond acceptors (Lipinski definition) is 2. The predicted molar refractivity (Wildman–Crippen MR) is 65.2 cm³/mol. The minimum Gasteiger partial charge on any atom is -0.379 e. The van der Waals surface area contributed by atoms with Crippen LogP contribution in [0.25, 0.3) is 0 Å². The molecule has 0 radical (unpaired) electrons. The summed E-state index contributed by atoms with van der Waals surface area (Å²) in [5.41, 5.74) is 0.0562. The fourth-order valence-electron chi connectivity index (χ4n) is 1.87. The Morgan fingerprint density at radius 3 is 2.50 bits per heavy atom. The first kappa shape index (κ1) is 13.8. The van der Waals surface area contributed by atoms with E-state index in [2.05, 4.69) is 20.8 Å². The third-order valence-electron chi connectivity index (χ3n) is 2.87. The van der Waals surface area contributed by atoms with Gasteiger partial charge in [0.05, 0.1) is 18.8 Å². The van der Waals surface area contributed by atoms with Crippen LogP contribution in [0.1, 0.15) is 11.1 Å². The minimum absolute atomic E-state index is 0.508. The summed E-state index contributed by atoms with van der Waals surface area (Å²) in [6, 6.07) is 3.76. The maximum absolute atomic E-state index is 12.6. The van der Waals surface area contributed by atoms with Crippen molar-refractivity contribution >= 4 is 15.9 Å². The molecule has 0 atom stereocenters. The Kier molecular flexibility index (Phi) is 4.29. The first-order valence-corrected chi connectivity index (χ1v) is 6.42. The van der Waals surface area contributed by atoms with Crippen molar-refractivity contribution in [1.82, 2.24) is 4.90 Å². The molecule has 0 unspecified atom stereocenters. The molecule has 1 aromatic carbocycles. The molecule has 0 aromatic heterocycles. The summed E-state index contributed by atoms with van der Waals surface area (Å²) in [7, 11) is 0. The van der Waals surface area contributed by atoms with Gasteiger partial charge in [0.15, 0.2) is 0 Å². The molecular weight excluding hydrogens is 311 g/mol. The van der Waals surface area contributed by atoms with Gasteiger partial charge < -0.3 is 4.74 Å². The summed E-state index contributed by atoms with van der Waals surface area (Å²) in [6.07, 6.45) is -4.29. The summed E-state index contributed by atoms with van der Waals surface area (Å²) in [4.78, 5) is 2.09. The topological polar surface area (TPSA) is 12.5 Å². The van der Waals surface area contributed by atoms with E-state index in [4.69, 9.17) is 4.74 Å². The Morgan fingerprint density at radius 1 is 1.22 bits per heavy atom. The van der Waals surface area contributed by atoms with Crippen LogP contribution in [0.3, 0.4) is 0 Å². The number of benzene rings is 1. The first-order chi connectivity index (χ1) is 8.47. The summed E-state index contributed by atoms with van der Waals surface area (Å²) in [6.45, 7) is 3.28. The lowest BCUT2D eigenvalue weighted by molar-refractivity contribution is -0.137. The van der Waals surface area contributed by atoms with Crippen molar-refractivity contribution in [3.05, 3.63) is 33.8 Å². The average Bonchev–Trinajstić information content (AvgIpc) is 2.32. The third kappa shape index (κ3) is 3.46. The fraction of sp³-hybridized carbons (Fsp3) is 0.500. The van der Waals surface area contributed by atoms with Crippen molar-refractivity contribution in [2.45, 2.75) is 12.7 Å². The van der Waals surface area contributed by atoms with E-state index in [1.807, 2.05) is 0 Å². The highest BCUT2D eigenvalue weighted by Gasteiger charge is 2.31. The van der Waals surface area contributed by atoms with E-state index in [9.17, 15) is 13.2 Å². The highest BCUT2D eigenvalue weighted by Crippen LogP contribution is 2.32. The normalized spacial score (nSPS) is 18.0. The van der Waals surface area contributed by atoms with Gasteiger partial charge in [-0.1, -0.05) is 15.9 Å². The second-order valence-electron chi connectivity index (χ2n) is 4.19. The monoisotopic (exact) mass is 323 g/mol. The van der Waals surface area contributed by atoms with Gasteiger partial charge in [0, 0.05) is 24.1 Å². The van der Waals surface area contributed by atoms with Crippen molar-refractivity contribution in [3.63, 3.8) is 0 Å². The zero-order valence-electron chi connectivity index (χ0n) is 9.63. The molecule has 100 valence electrons. The summed E-state index contributed by atoms with van der Waals surface area (Å²) in [5, 5.41) is 0. The molecule has 1 heterocycles. The van der Waals surface area contributed by atoms with Crippen LogP contribution in [-0.4, -0.2) is 31.2 Å². The number of rotatable bonds is 2. The van der Waals surface area contributed by atoms with Gasteiger partial charge in [-0.25, -0.2) is 0 Å². The van der Waals surface area contributed by atoms with Gasteiger partial charge in [0.25, 0.3) is 0 Å². The van der Waals surface area contributed by atoms with Crippen molar-refractivity contribution in [1.29, 1.82) is 0 Å². The van der Waals surface area contributed by atoms with Gasteiger partial charge in [-0.15, -0.1) is 0 Å². The number of nitrogens with zero attached hydrogens (tertiary/aromatic N) is 1. The zero-order chi connectivity index (χ0) is 13.2. The zero-order valence-corrected chi connectivity index (χ0v) is 11.2. The van der Waals surface area contributed by atoms with E-state index < -0.39 is 11.7 Å². The molecule has 18 heavy (non-hydrogen) atoms. The first-order valence-electron chi connectivity index (χ1n) is 5.62. The van der Waals surface area contributed by atoms with E-state index >= 15 is 0 Å². The molecule has 0 aliphatic carbocycles. The van der Waals surface area contributed by atoms with Crippen LogP contribution in [0.15, 0.2) is 22.7 Å². The minimum atomic E-state index is -4.29. The largest absolute Gasteiger partial charge is 0.416 e. The number of alkyl halides is 3. The maximum Gasteiger partial charge on any atom is 0.416 e. The molecule has 1 aliphatic rings. The lowest BCUT2D eigenvalue weighted by atomic mass is 10.1. The Morgan fingerprint density at radius 2 is 1.89 bits per heavy atom. The van der Waals surface area contributed by atoms with E-state index in [0.717, 1.165) is 19.2 Å². The van der Waals surface area contributed by atoms with Gasteiger partial charge in [-0.05, 0) is 23.8 Å². The van der Waals surface area contributed by atoms with Crippen LogP contribution in [-0.2, 0) is 17.5 Å². The molecule has 2 nitrogen and oxygen atoms in total. The highest BCUT2D eigenvalue weighted by molar-refractivity contribution is 9.10. The van der Waals surface area contributed by atoms with Crippen LogP contribution in [0, 0.1) is 0 Å². The third-order valence-corrected chi connectivity index (χ3v) is 3.64. The Balaban J connectivity index is 2.15. The second kappa shape index (κ2) is 5.59. The number of hydrogen-bond donors (Lipinski definition) is 0. The Bertz CT molecular complexity index is 416. The number of morpholine rings is 1. The van der Waals surface area contributed by atoms with Gasteiger partial charge in [0.1, 0.15) is 0 Å². The van der Waals surface area contributed by atoms with Gasteiger partial charge >= 0.3 is 6.18 Å².